The van der Waals surface area contributed by atoms with Crippen LogP contribution in [0.5, 0.6) is 5.75 Å². The highest BCUT2D eigenvalue weighted by Crippen LogP contribution is 2.41. The summed E-state index contributed by atoms with van der Waals surface area (Å²) in [6, 6.07) is 11.6. The number of rotatable bonds is 6. The summed E-state index contributed by atoms with van der Waals surface area (Å²) in [7, 11) is 1.93. The minimum absolute atomic E-state index is 0.212. The normalized spacial score (nSPS) is 13.1. The molecule has 154 valence electrons. The molecule has 3 aromatic carbocycles. The van der Waals surface area contributed by atoms with E-state index in [0.717, 1.165) is 56.5 Å². The fourth-order valence-electron chi connectivity index (χ4n) is 4.29. The van der Waals surface area contributed by atoms with Gasteiger partial charge < -0.3 is 20.0 Å². The third kappa shape index (κ3) is 2.99. The van der Waals surface area contributed by atoms with Crippen molar-refractivity contribution in [2.45, 2.75) is 25.8 Å². The van der Waals surface area contributed by atoms with Crippen LogP contribution >= 0.6 is 0 Å². The van der Waals surface area contributed by atoms with E-state index in [9.17, 15) is 8.78 Å². The van der Waals surface area contributed by atoms with Gasteiger partial charge in [-0.15, -0.1) is 0 Å². The van der Waals surface area contributed by atoms with Gasteiger partial charge in [0.2, 0.25) is 0 Å². The molecule has 0 amide bonds. The second-order valence-electron chi connectivity index (χ2n) is 7.77. The van der Waals surface area contributed by atoms with Crippen molar-refractivity contribution in [3.8, 4) is 5.75 Å². The topological polar surface area (TPSA) is 52.8 Å². The lowest BCUT2D eigenvalue weighted by atomic mass is 10.1. The van der Waals surface area contributed by atoms with E-state index in [-0.39, 0.29) is 17.7 Å². The zero-order valence-electron chi connectivity index (χ0n) is 16.9. The van der Waals surface area contributed by atoms with Gasteiger partial charge in [0.1, 0.15) is 18.2 Å². The predicted molar refractivity (Wildman–Crippen MR) is 118 cm³/mol. The monoisotopic (exact) mass is 407 g/mol. The zero-order chi connectivity index (χ0) is 20.8. The van der Waals surface area contributed by atoms with Crippen LogP contribution in [0.3, 0.4) is 0 Å². The van der Waals surface area contributed by atoms with Crippen molar-refractivity contribution in [2.75, 3.05) is 13.7 Å². The van der Waals surface area contributed by atoms with E-state index in [1.807, 2.05) is 13.1 Å². The summed E-state index contributed by atoms with van der Waals surface area (Å²) in [6.45, 7) is 2.63. The molecule has 2 heterocycles. The Balaban J connectivity index is 1.80. The van der Waals surface area contributed by atoms with Crippen molar-refractivity contribution >= 4 is 43.6 Å². The van der Waals surface area contributed by atoms with E-state index >= 15 is 0 Å². The molecule has 0 aliphatic rings. The van der Waals surface area contributed by atoms with Gasteiger partial charge in [-0.05, 0) is 55.9 Å². The summed E-state index contributed by atoms with van der Waals surface area (Å²) < 4.78 is 34.3. The Morgan fingerprint density at radius 2 is 1.43 bits per heavy atom. The minimum atomic E-state index is -0.297. The van der Waals surface area contributed by atoms with Gasteiger partial charge >= 0.3 is 0 Å². The van der Waals surface area contributed by atoms with Crippen molar-refractivity contribution in [1.29, 1.82) is 0 Å². The van der Waals surface area contributed by atoms with Crippen molar-refractivity contribution in [1.82, 2.24) is 15.3 Å². The Morgan fingerprint density at radius 1 is 0.867 bits per heavy atom. The molecule has 3 N–H and O–H groups in total. The van der Waals surface area contributed by atoms with E-state index in [4.69, 9.17) is 4.74 Å². The van der Waals surface area contributed by atoms with Crippen LogP contribution in [0.2, 0.25) is 0 Å². The molecule has 1 atom stereocenters. The van der Waals surface area contributed by atoms with E-state index < -0.39 is 0 Å². The van der Waals surface area contributed by atoms with Crippen LogP contribution in [0.1, 0.15) is 19.8 Å². The summed E-state index contributed by atoms with van der Waals surface area (Å²) >= 11 is 0. The third-order valence-electron chi connectivity index (χ3n) is 5.82. The molecule has 0 aliphatic heterocycles. The first-order chi connectivity index (χ1) is 14.6. The molecule has 4 nitrogen and oxygen atoms in total. The van der Waals surface area contributed by atoms with Gasteiger partial charge in [0.05, 0.1) is 11.0 Å². The fraction of sp³-hybridized carbons (Fsp3) is 0.250. The summed E-state index contributed by atoms with van der Waals surface area (Å²) in [5.74, 6) is 0.0790. The molecule has 5 aromatic rings. The number of likely N-dealkylation sites (N-methyl/N-ethyl adjacent to an activating group) is 1. The second kappa shape index (κ2) is 7.29. The Kier molecular flexibility index (Phi) is 4.59. The third-order valence-corrected chi connectivity index (χ3v) is 5.82. The van der Waals surface area contributed by atoms with Gasteiger partial charge in [-0.25, -0.2) is 8.78 Å². The largest absolute Gasteiger partial charge is 0.488 e. The molecule has 5 rings (SSSR count). The van der Waals surface area contributed by atoms with Gasteiger partial charge in [0.15, 0.2) is 5.75 Å². The lowest BCUT2D eigenvalue weighted by molar-refractivity contribution is 0.267. The predicted octanol–water partition coefficient (Wildman–Crippen LogP) is 6.00. The van der Waals surface area contributed by atoms with E-state index in [2.05, 4.69) is 22.2 Å². The van der Waals surface area contributed by atoms with Crippen molar-refractivity contribution in [3.05, 3.63) is 54.1 Å². The van der Waals surface area contributed by atoms with Crippen LogP contribution in [0, 0.1) is 11.6 Å². The Morgan fingerprint density at radius 3 is 1.93 bits per heavy atom. The van der Waals surface area contributed by atoms with Crippen molar-refractivity contribution in [2.24, 2.45) is 0 Å². The highest BCUT2D eigenvalue weighted by Gasteiger charge is 2.19. The molecule has 0 saturated heterocycles. The maximum Gasteiger partial charge on any atom is 0.167 e. The quantitative estimate of drug-likeness (QED) is 0.323. The van der Waals surface area contributed by atoms with Crippen LogP contribution in [0.15, 0.2) is 42.5 Å². The summed E-state index contributed by atoms with van der Waals surface area (Å²) in [4.78, 5) is 6.78. The van der Waals surface area contributed by atoms with E-state index in [1.165, 1.54) is 24.3 Å². The Hall–Kier alpha value is -3.12. The van der Waals surface area contributed by atoms with Crippen LogP contribution in [0.4, 0.5) is 8.78 Å². The number of H-pyrrole nitrogens is 2. The molecule has 0 aliphatic carbocycles. The summed E-state index contributed by atoms with van der Waals surface area (Å²) in [5.41, 5.74) is 3.28. The number of hydrogen-bond acceptors (Lipinski definition) is 2. The lowest BCUT2D eigenvalue weighted by Crippen LogP contribution is -2.31. The van der Waals surface area contributed by atoms with Crippen LogP contribution in [0.25, 0.3) is 43.6 Å². The van der Waals surface area contributed by atoms with Gasteiger partial charge in [-0.2, -0.15) is 0 Å². The van der Waals surface area contributed by atoms with Gasteiger partial charge in [0.25, 0.3) is 0 Å². The average Bonchev–Trinajstić information content (AvgIpc) is 3.28. The van der Waals surface area contributed by atoms with Crippen LogP contribution < -0.4 is 10.1 Å². The van der Waals surface area contributed by atoms with E-state index in [0.29, 0.717) is 12.4 Å². The molecular formula is C24H23F2N3O. The summed E-state index contributed by atoms with van der Waals surface area (Å²) in [5, 5.41) is 6.56. The molecule has 2 aromatic heterocycles. The number of nitrogens with one attached hydrogen (secondary N) is 3. The highest BCUT2D eigenvalue weighted by molar-refractivity contribution is 6.20. The number of aromatic nitrogens is 2. The molecule has 1 unspecified atom stereocenters. The second-order valence-corrected chi connectivity index (χ2v) is 7.77. The average molecular weight is 407 g/mol. The van der Waals surface area contributed by atoms with E-state index in [1.54, 1.807) is 12.1 Å². The first-order valence-corrected chi connectivity index (χ1v) is 10.2. The van der Waals surface area contributed by atoms with Gasteiger partial charge in [0, 0.05) is 38.6 Å². The number of hydrogen-bond donors (Lipinski definition) is 3. The minimum Gasteiger partial charge on any atom is -0.488 e. The molecular weight excluding hydrogens is 384 g/mol. The van der Waals surface area contributed by atoms with Crippen molar-refractivity contribution in [3.63, 3.8) is 0 Å². The number of halogens is 2. The highest BCUT2D eigenvalue weighted by atomic mass is 19.1. The molecule has 6 heteroatoms. The number of ether oxygens (including phenoxy) is 1. The maximum absolute atomic E-state index is 14.0. The molecule has 0 fully saturated rings. The van der Waals surface area contributed by atoms with Crippen molar-refractivity contribution < 1.29 is 13.5 Å². The molecule has 0 saturated carbocycles. The number of fused-ring (bicyclic) bond motifs is 6. The maximum atomic E-state index is 14.0. The Labute approximate surface area is 172 Å². The number of aromatic amines is 2. The smallest absolute Gasteiger partial charge is 0.167 e. The van der Waals surface area contributed by atoms with Crippen LogP contribution in [-0.2, 0) is 0 Å². The van der Waals surface area contributed by atoms with Gasteiger partial charge in [-0.3, -0.25) is 0 Å². The summed E-state index contributed by atoms with van der Waals surface area (Å²) in [6.07, 6.45) is 2.04. The molecule has 0 bridgehead atoms. The zero-order valence-corrected chi connectivity index (χ0v) is 16.9. The standard InChI is InChI=1S/C24H23F2N3O/c1-3-4-15(27-2)12-30-24-22-18(16-9-13(25)5-7-20(16)28-22)11-19-17-10-14(26)6-8-21(17)29-23(19)24/h5-11,15,27-29H,3-4,12H2,1-2H3. The molecule has 30 heavy (non-hydrogen) atoms. The fourth-order valence-corrected chi connectivity index (χ4v) is 4.29. The number of benzene rings is 3. The first kappa shape index (κ1) is 18.9. The first-order valence-electron chi connectivity index (χ1n) is 10.2. The van der Waals surface area contributed by atoms with Gasteiger partial charge in [-0.1, -0.05) is 13.3 Å². The SMILES string of the molecule is CCCC(COc1c2[nH]c3ccc(F)cc3c2cc2c1[nH]c1ccc(F)cc12)NC. The Bertz CT molecular complexity index is 1290. The molecule has 0 radical (unpaired) electrons. The lowest BCUT2D eigenvalue weighted by Gasteiger charge is -2.17. The molecule has 0 spiro atoms. The van der Waals surface area contributed by atoms with Crippen LogP contribution in [-0.4, -0.2) is 29.7 Å².